The van der Waals surface area contributed by atoms with Crippen molar-refractivity contribution in [3.05, 3.63) is 48.0 Å². The summed E-state index contributed by atoms with van der Waals surface area (Å²) < 4.78 is 3.86. The topological polar surface area (TPSA) is 111 Å². The highest BCUT2D eigenvalue weighted by molar-refractivity contribution is 5.99. The zero-order valence-electron chi connectivity index (χ0n) is 21.9. The molecule has 196 valence electrons. The summed E-state index contributed by atoms with van der Waals surface area (Å²) in [6.45, 7) is 12.5. The minimum atomic E-state index is -0.686. The fourth-order valence-electron chi connectivity index (χ4n) is 3.99. The van der Waals surface area contributed by atoms with E-state index in [4.69, 9.17) is 10.1 Å². The molecule has 4 rings (SSSR count). The number of methoxy groups -OCH3 is 1. The Labute approximate surface area is 214 Å². The van der Waals surface area contributed by atoms with Gasteiger partial charge in [0.2, 0.25) is 17.7 Å². The highest BCUT2D eigenvalue weighted by atomic mass is 16.5. The first-order valence-electron chi connectivity index (χ1n) is 12.3. The molecule has 9 nitrogen and oxygen atoms in total. The number of hydrogen-bond acceptors (Lipinski definition) is 6. The summed E-state index contributed by atoms with van der Waals surface area (Å²) in [4.78, 5) is 50.7. The molecule has 3 aliphatic rings. The number of carbonyl (C=O) groups excluding carboxylic acids is 4. The van der Waals surface area contributed by atoms with Gasteiger partial charge in [-0.05, 0) is 50.8 Å². The zero-order valence-corrected chi connectivity index (χ0v) is 21.9. The number of nitrogens with zero attached hydrogens (tertiary/aromatic N) is 4. The number of amides is 3. The molecule has 1 spiro atoms. The molecule has 2 saturated heterocycles. The number of likely N-dealkylation sites (tertiary alicyclic amines) is 1. The van der Waals surface area contributed by atoms with Crippen LogP contribution in [0.25, 0.3) is 0 Å². The Morgan fingerprint density at radius 1 is 1.11 bits per heavy atom. The first-order chi connectivity index (χ1) is 17.3. The Morgan fingerprint density at radius 3 is 2.11 bits per heavy atom. The van der Waals surface area contributed by atoms with Gasteiger partial charge in [-0.1, -0.05) is 38.1 Å². The van der Waals surface area contributed by atoms with Crippen LogP contribution in [0.15, 0.2) is 36.9 Å². The molecule has 2 aliphatic heterocycles. The summed E-state index contributed by atoms with van der Waals surface area (Å²) in [5, 5.41) is 8.38. The molecule has 0 atom stereocenters. The molecule has 2 heterocycles. The van der Waals surface area contributed by atoms with E-state index in [1.54, 1.807) is 9.80 Å². The highest BCUT2D eigenvalue weighted by Gasteiger charge is 2.59. The fourth-order valence-corrected chi connectivity index (χ4v) is 3.99. The minimum Gasteiger partial charge on any atom is -0.471 e. The molecule has 0 N–H and O–H groups in total. The van der Waals surface area contributed by atoms with Crippen molar-refractivity contribution in [2.45, 2.75) is 52.0 Å². The summed E-state index contributed by atoms with van der Waals surface area (Å²) in [5.74, 6) is -0.233. The van der Waals surface area contributed by atoms with Gasteiger partial charge in [0.1, 0.15) is 5.54 Å². The van der Waals surface area contributed by atoms with Crippen LogP contribution < -0.4 is 0 Å². The predicted octanol–water partition coefficient (Wildman–Crippen LogP) is 2.68. The van der Waals surface area contributed by atoms with Crippen molar-refractivity contribution in [3.8, 4) is 6.07 Å². The van der Waals surface area contributed by atoms with Crippen molar-refractivity contribution in [2.75, 3.05) is 39.8 Å². The maximum absolute atomic E-state index is 12.6. The average molecular weight is 499 g/mol. The van der Waals surface area contributed by atoms with E-state index in [9.17, 15) is 14.4 Å². The second-order valence-corrected chi connectivity index (χ2v) is 8.35. The third-order valence-electron chi connectivity index (χ3n) is 6.02. The molecular weight excluding hydrogens is 460 g/mol. The number of piperazine rings is 1. The molecule has 3 fully saturated rings. The highest BCUT2D eigenvalue weighted by Crippen LogP contribution is 2.45. The standard InChI is InChI=1S/C15H21N3O3.C8H7N.C2H4O2.C2H6/c1-2-12(19)18-10-9-17(14(21)15(18)5-6-15)11-13(20)16-7-3-4-8-16;1-7-2-4-8(6-9)5-3-7;1-4-2-3;1-2/h2H,1,3-11H2;2-5H,1H3;2H,1H3;1-2H3. The van der Waals surface area contributed by atoms with Crippen LogP contribution in [0, 0.1) is 18.3 Å². The number of aryl methyl sites for hydroxylation is 1. The van der Waals surface area contributed by atoms with Crippen LogP contribution in [0.5, 0.6) is 0 Å². The lowest BCUT2D eigenvalue weighted by Gasteiger charge is -2.40. The monoisotopic (exact) mass is 498 g/mol. The number of benzene rings is 1. The Morgan fingerprint density at radius 2 is 1.67 bits per heavy atom. The minimum absolute atomic E-state index is 0.0279. The first-order valence-corrected chi connectivity index (χ1v) is 12.3. The molecular formula is C27H38N4O5. The predicted molar refractivity (Wildman–Crippen MR) is 137 cm³/mol. The van der Waals surface area contributed by atoms with Crippen molar-refractivity contribution >= 4 is 24.2 Å². The quantitative estimate of drug-likeness (QED) is 0.466. The molecule has 1 aromatic carbocycles. The second kappa shape index (κ2) is 15.4. The van der Waals surface area contributed by atoms with Gasteiger partial charge < -0.3 is 19.4 Å². The third kappa shape index (κ3) is 8.22. The van der Waals surface area contributed by atoms with Crippen LogP contribution in [0.2, 0.25) is 0 Å². The Hall–Kier alpha value is -3.67. The molecule has 3 amide bonds. The van der Waals surface area contributed by atoms with Crippen molar-refractivity contribution in [2.24, 2.45) is 0 Å². The van der Waals surface area contributed by atoms with Gasteiger partial charge in [-0.25, -0.2) is 0 Å². The fraction of sp³-hybridized carbons (Fsp3) is 0.519. The van der Waals surface area contributed by atoms with E-state index in [1.165, 1.54) is 18.7 Å². The maximum atomic E-state index is 12.6. The smallest absolute Gasteiger partial charge is 0.292 e. The summed E-state index contributed by atoms with van der Waals surface area (Å²) >= 11 is 0. The van der Waals surface area contributed by atoms with Crippen molar-refractivity contribution in [3.63, 3.8) is 0 Å². The molecule has 0 aromatic heterocycles. The van der Waals surface area contributed by atoms with Gasteiger partial charge >= 0.3 is 0 Å². The summed E-state index contributed by atoms with van der Waals surface area (Å²) in [7, 11) is 1.31. The van der Waals surface area contributed by atoms with Crippen LogP contribution in [0.1, 0.15) is 50.7 Å². The molecule has 1 aliphatic carbocycles. The van der Waals surface area contributed by atoms with Gasteiger partial charge in [0, 0.05) is 26.2 Å². The Kier molecular flexibility index (Phi) is 12.9. The van der Waals surface area contributed by atoms with Crippen LogP contribution in [-0.4, -0.2) is 84.3 Å². The van der Waals surface area contributed by atoms with Crippen molar-refractivity contribution in [1.29, 1.82) is 5.26 Å². The molecule has 9 heteroatoms. The van der Waals surface area contributed by atoms with Gasteiger partial charge in [-0.3, -0.25) is 19.2 Å². The Bertz CT molecular complexity index is 928. The maximum Gasteiger partial charge on any atom is 0.292 e. The number of ether oxygens (including phenoxy) is 1. The van der Waals surface area contributed by atoms with Gasteiger partial charge in [0.05, 0.1) is 25.3 Å². The van der Waals surface area contributed by atoms with E-state index >= 15 is 0 Å². The number of rotatable bonds is 4. The molecule has 1 saturated carbocycles. The van der Waals surface area contributed by atoms with Crippen molar-refractivity contribution < 1.29 is 23.9 Å². The van der Waals surface area contributed by atoms with Gasteiger partial charge in [-0.15, -0.1) is 0 Å². The zero-order chi connectivity index (χ0) is 27.1. The third-order valence-corrected chi connectivity index (χ3v) is 6.02. The summed E-state index contributed by atoms with van der Waals surface area (Å²) in [6.07, 6.45) is 4.74. The summed E-state index contributed by atoms with van der Waals surface area (Å²) in [5.41, 5.74) is 1.23. The molecule has 36 heavy (non-hydrogen) atoms. The van der Waals surface area contributed by atoms with E-state index < -0.39 is 5.54 Å². The van der Waals surface area contributed by atoms with E-state index in [1.807, 2.05) is 49.9 Å². The SMILES string of the molecule is C=CC(=O)N1CCN(CC(=O)N2CCCC2)C(=O)C12CC2.CC.COC=O.Cc1ccc(C#N)cc1. The van der Waals surface area contributed by atoms with E-state index in [0.29, 0.717) is 32.4 Å². The molecule has 0 bridgehead atoms. The number of hydrogen-bond donors (Lipinski definition) is 0. The van der Waals surface area contributed by atoms with Crippen LogP contribution in [-0.2, 0) is 23.9 Å². The second-order valence-electron chi connectivity index (χ2n) is 8.35. The average Bonchev–Trinajstić information content (AvgIpc) is 3.50. The molecule has 1 aromatic rings. The molecule has 0 radical (unpaired) electrons. The van der Waals surface area contributed by atoms with E-state index in [0.717, 1.165) is 31.5 Å². The van der Waals surface area contributed by atoms with Crippen LogP contribution in [0.4, 0.5) is 0 Å². The van der Waals surface area contributed by atoms with E-state index in [-0.39, 0.29) is 24.3 Å². The van der Waals surface area contributed by atoms with E-state index in [2.05, 4.69) is 17.4 Å². The normalized spacial score (nSPS) is 16.6. The van der Waals surface area contributed by atoms with Crippen LogP contribution >= 0.6 is 0 Å². The summed E-state index contributed by atoms with van der Waals surface area (Å²) in [6, 6.07) is 9.54. The lowest BCUT2D eigenvalue weighted by atomic mass is 10.1. The lowest BCUT2D eigenvalue weighted by molar-refractivity contribution is -0.154. The van der Waals surface area contributed by atoms with Gasteiger partial charge in [-0.2, -0.15) is 5.26 Å². The van der Waals surface area contributed by atoms with Crippen LogP contribution in [0.3, 0.4) is 0 Å². The number of nitriles is 1. The largest absolute Gasteiger partial charge is 0.471 e. The lowest BCUT2D eigenvalue weighted by Crippen LogP contribution is -2.61. The van der Waals surface area contributed by atoms with Crippen molar-refractivity contribution in [1.82, 2.24) is 14.7 Å². The molecule has 0 unspecified atom stereocenters. The number of carbonyl (C=O) groups is 4. The van der Waals surface area contributed by atoms with Gasteiger partial charge in [0.25, 0.3) is 6.47 Å². The Balaban J connectivity index is 0.000000358. The first kappa shape index (κ1) is 30.4. The van der Waals surface area contributed by atoms with Gasteiger partial charge in [0.15, 0.2) is 0 Å².